The van der Waals surface area contributed by atoms with Gasteiger partial charge in [-0.25, -0.2) is 4.79 Å². The molecule has 0 aliphatic rings. The zero-order chi connectivity index (χ0) is 28.6. The summed E-state index contributed by atoms with van der Waals surface area (Å²) in [5.41, 5.74) is 1.07. The van der Waals surface area contributed by atoms with E-state index in [0.29, 0.717) is 22.6 Å². The zero-order valence-electron chi connectivity index (χ0n) is 22.8. The second-order valence-corrected chi connectivity index (χ2v) is 10.0. The predicted octanol–water partition coefficient (Wildman–Crippen LogP) is 4.68. The molecule has 0 bridgehead atoms. The summed E-state index contributed by atoms with van der Waals surface area (Å²) in [6.45, 7) is 5.18. The number of carbonyl (C=O) groups is 3. The van der Waals surface area contributed by atoms with E-state index >= 15 is 0 Å². The summed E-state index contributed by atoms with van der Waals surface area (Å²) in [6.07, 6.45) is -0.642. The van der Waals surface area contributed by atoms with E-state index in [0.717, 1.165) is 0 Å². The molecular formula is C30H35N3O6. The van der Waals surface area contributed by atoms with Crippen molar-refractivity contribution in [1.82, 2.24) is 10.2 Å². The van der Waals surface area contributed by atoms with Gasteiger partial charge in [0.15, 0.2) is 0 Å². The van der Waals surface area contributed by atoms with Gasteiger partial charge in [0.25, 0.3) is 5.91 Å². The Morgan fingerprint density at radius 2 is 1.54 bits per heavy atom. The van der Waals surface area contributed by atoms with Gasteiger partial charge in [-0.3, -0.25) is 9.59 Å². The average Bonchev–Trinajstić information content (AvgIpc) is 2.89. The lowest BCUT2D eigenvalue weighted by Gasteiger charge is -2.31. The third kappa shape index (κ3) is 8.49. The molecule has 0 aliphatic heterocycles. The molecule has 9 nitrogen and oxygen atoms in total. The molecule has 2 atom stereocenters. The first-order chi connectivity index (χ1) is 18.5. The topological polar surface area (TPSA) is 117 Å². The van der Waals surface area contributed by atoms with Crippen LogP contribution in [0.15, 0.2) is 78.9 Å². The van der Waals surface area contributed by atoms with Gasteiger partial charge in [0.1, 0.15) is 29.2 Å². The molecular weight excluding hydrogens is 498 g/mol. The number of aromatic hydroxyl groups is 1. The van der Waals surface area contributed by atoms with E-state index in [1.54, 1.807) is 88.5 Å². The molecule has 9 heteroatoms. The summed E-state index contributed by atoms with van der Waals surface area (Å²) < 4.78 is 10.6. The number of ether oxygens (including phenoxy) is 2. The van der Waals surface area contributed by atoms with Gasteiger partial charge in [-0.1, -0.05) is 42.5 Å². The Kier molecular flexibility index (Phi) is 9.54. The summed E-state index contributed by atoms with van der Waals surface area (Å²) in [7, 11) is 3.08. The number of nitrogens with zero attached hydrogens (tertiary/aromatic N) is 1. The molecule has 0 heterocycles. The molecule has 3 N–H and O–H groups in total. The zero-order valence-corrected chi connectivity index (χ0v) is 22.8. The lowest BCUT2D eigenvalue weighted by molar-refractivity contribution is -0.139. The molecule has 3 aromatic rings. The first kappa shape index (κ1) is 29.0. The molecule has 0 aromatic heterocycles. The van der Waals surface area contributed by atoms with Crippen molar-refractivity contribution in [3.8, 4) is 11.5 Å². The van der Waals surface area contributed by atoms with E-state index in [9.17, 15) is 19.5 Å². The number of hydrogen-bond acceptors (Lipinski definition) is 6. The number of rotatable bonds is 9. The minimum absolute atomic E-state index is 0.0817. The molecule has 39 heavy (non-hydrogen) atoms. The Morgan fingerprint density at radius 3 is 2.10 bits per heavy atom. The van der Waals surface area contributed by atoms with Crippen LogP contribution in [0.2, 0.25) is 0 Å². The number of methoxy groups -OCH3 is 1. The van der Waals surface area contributed by atoms with Crippen molar-refractivity contribution in [3.05, 3.63) is 90.0 Å². The molecule has 206 valence electrons. The van der Waals surface area contributed by atoms with Gasteiger partial charge in [0.05, 0.1) is 7.11 Å². The molecule has 3 amide bonds. The van der Waals surface area contributed by atoms with Crippen LogP contribution < -0.4 is 15.4 Å². The molecule has 0 aliphatic carbocycles. The number of amides is 3. The van der Waals surface area contributed by atoms with Crippen LogP contribution in [-0.4, -0.2) is 53.7 Å². The van der Waals surface area contributed by atoms with Gasteiger partial charge in [-0.2, -0.15) is 0 Å². The smallest absolute Gasteiger partial charge is 0.408 e. The number of benzene rings is 3. The molecule has 0 radical (unpaired) electrons. The van der Waals surface area contributed by atoms with Crippen molar-refractivity contribution in [1.29, 1.82) is 0 Å². The van der Waals surface area contributed by atoms with Gasteiger partial charge in [-0.05, 0) is 68.3 Å². The standard InChI is InChI=1S/C30H35N3O6/c1-30(2,3)39-29(37)32-25(19-20-11-15-23(34)16-12-20)28(36)33(4)26(21-9-7-6-8-10-21)27(35)31-22-13-17-24(38-5)18-14-22/h6-18,25-26,34H,19H2,1-5H3,(H,31,35)(H,32,37). The number of anilines is 1. The maximum atomic E-state index is 13.9. The molecule has 0 saturated heterocycles. The number of phenolic OH excluding ortho intramolecular Hbond substituents is 1. The maximum absolute atomic E-state index is 13.9. The second kappa shape index (κ2) is 12.8. The molecule has 3 aromatic carbocycles. The lowest BCUT2D eigenvalue weighted by Crippen LogP contribution is -2.52. The molecule has 0 spiro atoms. The van der Waals surface area contributed by atoms with Gasteiger partial charge in [0, 0.05) is 19.2 Å². The van der Waals surface area contributed by atoms with Crippen LogP contribution in [-0.2, 0) is 20.7 Å². The van der Waals surface area contributed by atoms with Crippen LogP contribution in [0.1, 0.15) is 37.9 Å². The van der Waals surface area contributed by atoms with Crippen LogP contribution in [0.5, 0.6) is 11.5 Å². The number of hydrogen-bond donors (Lipinski definition) is 3. The van der Waals surface area contributed by atoms with Crippen LogP contribution in [0.4, 0.5) is 10.5 Å². The third-order valence-corrected chi connectivity index (χ3v) is 5.82. The highest BCUT2D eigenvalue weighted by molar-refractivity contribution is 5.99. The van der Waals surface area contributed by atoms with Gasteiger partial charge in [0.2, 0.25) is 5.91 Å². The van der Waals surface area contributed by atoms with E-state index in [1.165, 1.54) is 24.1 Å². The van der Waals surface area contributed by atoms with Crippen LogP contribution in [0, 0.1) is 0 Å². The number of phenols is 1. The van der Waals surface area contributed by atoms with Gasteiger partial charge < -0.3 is 30.1 Å². The first-order valence-corrected chi connectivity index (χ1v) is 12.5. The van der Waals surface area contributed by atoms with Crippen molar-refractivity contribution >= 4 is 23.6 Å². The highest BCUT2D eigenvalue weighted by Crippen LogP contribution is 2.24. The molecule has 2 unspecified atom stereocenters. The van der Waals surface area contributed by atoms with E-state index in [4.69, 9.17) is 9.47 Å². The Bertz CT molecular complexity index is 1250. The quantitative estimate of drug-likeness (QED) is 0.368. The fraction of sp³-hybridized carbons (Fsp3) is 0.300. The predicted molar refractivity (Wildman–Crippen MR) is 149 cm³/mol. The largest absolute Gasteiger partial charge is 0.508 e. The highest BCUT2D eigenvalue weighted by Gasteiger charge is 2.34. The Labute approximate surface area is 228 Å². The number of alkyl carbamates (subject to hydrolysis) is 1. The Hall–Kier alpha value is -4.53. The fourth-order valence-corrected chi connectivity index (χ4v) is 3.96. The summed E-state index contributed by atoms with van der Waals surface area (Å²) in [5, 5.41) is 15.2. The van der Waals surface area contributed by atoms with Crippen LogP contribution in [0.3, 0.4) is 0 Å². The number of carbonyl (C=O) groups excluding carboxylic acids is 3. The van der Waals surface area contributed by atoms with Gasteiger partial charge in [-0.15, -0.1) is 0 Å². The van der Waals surface area contributed by atoms with Crippen LogP contribution >= 0.6 is 0 Å². The van der Waals surface area contributed by atoms with E-state index in [-0.39, 0.29) is 12.2 Å². The summed E-state index contributed by atoms with van der Waals surface area (Å²) in [5.74, 6) is -0.195. The van der Waals surface area contributed by atoms with Crippen molar-refractivity contribution < 1.29 is 29.0 Å². The minimum atomic E-state index is -1.05. The molecule has 0 fully saturated rings. The monoisotopic (exact) mass is 533 g/mol. The fourth-order valence-electron chi connectivity index (χ4n) is 3.96. The second-order valence-electron chi connectivity index (χ2n) is 10.0. The van der Waals surface area contributed by atoms with Crippen molar-refractivity contribution in [3.63, 3.8) is 0 Å². The van der Waals surface area contributed by atoms with Crippen molar-refractivity contribution in [2.24, 2.45) is 0 Å². The Morgan fingerprint density at radius 1 is 0.923 bits per heavy atom. The lowest BCUT2D eigenvalue weighted by atomic mass is 10.0. The normalized spacial score (nSPS) is 12.5. The highest BCUT2D eigenvalue weighted by atomic mass is 16.6. The molecule has 0 saturated carbocycles. The average molecular weight is 534 g/mol. The van der Waals surface area contributed by atoms with Crippen molar-refractivity contribution in [2.75, 3.05) is 19.5 Å². The van der Waals surface area contributed by atoms with Crippen LogP contribution in [0.25, 0.3) is 0 Å². The first-order valence-electron chi connectivity index (χ1n) is 12.5. The summed E-state index contributed by atoms with van der Waals surface area (Å²) in [6, 6.07) is 20.1. The number of nitrogens with one attached hydrogen (secondary N) is 2. The molecule has 3 rings (SSSR count). The Balaban J connectivity index is 1.91. The van der Waals surface area contributed by atoms with E-state index in [2.05, 4.69) is 10.6 Å². The summed E-state index contributed by atoms with van der Waals surface area (Å²) >= 11 is 0. The van der Waals surface area contributed by atoms with E-state index in [1.807, 2.05) is 6.07 Å². The van der Waals surface area contributed by atoms with Crippen molar-refractivity contribution in [2.45, 2.75) is 44.9 Å². The maximum Gasteiger partial charge on any atom is 0.408 e. The SMILES string of the molecule is COc1ccc(NC(=O)C(c2ccccc2)N(C)C(=O)C(Cc2ccc(O)cc2)NC(=O)OC(C)(C)C)cc1. The summed E-state index contributed by atoms with van der Waals surface area (Å²) in [4.78, 5) is 41.4. The van der Waals surface area contributed by atoms with Gasteiger partial charge >= 0.3 is 6.09 Å². The third-order valence-electron chi connectivity index (χ3n) is 5.82. The van der Waals surface area contributed by atoms with E-state index < -0.39 is 35.6 Å². The minimum Gasteiger partial charge on any atom is -0.508 e. The number of likely N-dealkylation sites (N-methyl/N-ethyl adjacent to an activating group) is 1.